The molecule has 126 valence electrons. The van der Waals surface area contributed by atoms with Crippen molar-refractivity contribution in [2.45, 2.75) is 44.3 Å². The summed E-state index contributed by atoms with van der Waals surface area (Å²) >= 11 is 0. The van der Waals surface area contributed by atoms with Crippen molar-refractivity contribution < 1.29 is 18.7 Å². The molecule has 0 bridgehead atoms. The number of halogens is 1. The summed E-state index contributed by atoms with van der Waals surface area (Å²) in [6, 6.07) is 6.75. The molecule has 1 aromatic carbocycles. The van der Waals surface area contributed by atoms with Crippen molar-refractivity contribution in [3.63, 3.8) is 0 Å². The van der Waals surface area contributed by atoms with Crippen molar-refractivity contribution in [1.29, 1.82) is 0 Å². The number of likely N-dealkylation sites (tertiary alicyclic amines) is 1. The highest BCUT2D eigenvalue weighted by Gasteiger charge is 2.25. The number of ether oxygens (including phenoxy) is 2. The van der Waals surface area contributed by atoms with Crippen molar-refractivity contribution in [3.8, 4) is 0 Å². The first-order chi connectivity index (χ1) is 11.2. The van der Waals surface area contributed by atoms with Gasteiger partial charge in [0.2, 0.25) is 5.91 Å². The van der Waals surface area contributed by atoms with Crippen LogP contribution in [0.25, 0.3) is 0 Å². The Morgan fingerprint density at radius 1 is 1.09 bits per heavy atom. The van der Waals surface area contributed by atoms with Crippen LogP contribution in [0.2, 0.25) is 0 Å². The molecule has 0 radical (unpaired) electrons. The monoisotopic (exact) mass is 321 g/mol. The van der Waals surface area contributed by atoms with Gasteiger partial charge in [-0.25, -0.2) is 4.39 Å². The maximum atomic E-state index is 13.0. The number of rotatable bonds is 3. The van der Waals surface area contributed by atoms with E-state index in [1.165, 1.54) is 17.7 Å². The first-order valence-corrected chi connectivity index (χ1v) is 8.49. The number of carbonyl (C=O) groups excluding carboxylic acids is 1. The summed E-state index contributed by atoms with van der Waals surface area (Å²) < 4.78 is 24.0. The Bertz CT molecular complexity index is 514. The van der Waals surface area contributed by atoms with Crippen molar-refractivity contribution in [2.75, 3.05) is 26.3 Å². The lowest BCUT2D eigenvalue weighted by molar-refractivity contribution is -0.187. The summed E-state index contributed by atoms with van der Waals surface area (Å²) in [5, 5.41) is 0. The van der Waals surface area contributed by atoms with Gasteiger partial charge in [0, 0.05) is 13.1 Å². The van der Waals surface area contributed by atoms with E-state index in [0.29, 0.717) is 25.6 Å². The van der Waals surface area contributed by atoms with Gasteiger partial charge in [0.05, 0.1) is 19.6 Å². The summed E-state index contributed by atoms with van der Waals surface area (Å²) in [5.74, 6) is 0.305. The molecule has 2 heterocycles. The molecule has 0 aliphatic carbocycles. The molecular formula is C18H24FNO3. The van der Waals surface area contributed by atoms with Gasteiger partial charge in [-0.05, 0) is 49.3 Å². The molecule has 1 atom stereocenters. The average Bonchev–Trinajstić information content (AvgIpc) is 2.83. The summed E-state index contributed by atoms with van der Waals surface area (Å²) in [4.78, 5) is 14.3. The molecule has 1 amide bonds. The van der Waals surface area contributed by atoms with Gasteiger partial charge in [-0.3, -0.25) is 4.79 Å². The third-order valence-electron chi connectivity index (χ3n) is 4.66. The fraction of sp³-hybridized carbons (Fsp3) is 0.611. The lowest BCUT2D eigenvalue weighted by Gasteiger charge is -2.26. The van der Waals surface area contributed by atoms with Crippen LogP contribution in [0.3, 0.4) is 0 Å². The van der Waals surface area contributed by atoms with Crippen LogP contribution in [0.4, 0.5) is 4.39 Å². The third-order valence-corrected chi connectivity index (χ3v) is 4.66. The number of hydrogen-bond acceptors (Lipinski definition) is 3. The minimum absolute atomic E-state index is 0.108. The molecule has 4 nitrogen and oxygen atoms in total. The Kier molecular flexibility index (Phi) is 5.62. The van der Waals surface area contributed by atoms with Gasteiger partial charge >= 0.3 is 0 Å². The highest BCUT2D eigenvalue weighted by Crippen LogP contribution is 2.28. The Morgan fingerprint density at radius 3 is 2.57 bits per heavy atom. The molecule has 0 spiro atoms. The van der Waals surface area contributed by atoms with E-state index in [4.69, 9.17) is 9.47 Å². The predicted molar refractivity (Wildman–Crippen MR) is 84.5 cm³/mol. The minimum Gasteiger partial charge on any atom is -0.352 e. The van der Waals surface area contributed by atoms with E-state index < -0.39 is 0 Å². The van der Waals surface area contributed by atoms with E-state index in [9.17, 15) is 9.18 Å². The molecule has 2 aliphatic heterocycles. The molecule has 2 aliphatic rings. The number of amides is 1. The molecule has 3 rings (SSSR count). The molecule has 23 heavy (non-hydrogen) atoms. The van der Waals surface area contributed by atoms with Gasteiger partial charge in [0.25, 0.3) is 0 Å². The molecule has 0 aromatic heterocycles. The van der Waals surface area contributed by atoms with Crippen molar-refractivity contribution in [3.05, 3.63) is 35.6 Å². The Balaban J connectivity index is 1.53. The van der Waals surface area contributed by atoms with E-state index in [1.807, 2.05) is 17.0 Å². The third kappa shape index (κ3) is 4.52. The second-order valence-corrected chi connectivity index (χ2v) is 6.29. The molecular weight excluding hydrogens is 297 g/mol. The maximum Gasteiger partial charge on any atom is 0.227 e. The van der Waals surface area contributed by atoms with Crippen LogP contribution in [-0.2, 0) is 14.3 Å². The van der Waals surface area contributed by atoms with E-state index in [2.05, 4.69) is 0 Å². The summed E-state index contributed by atoms with van der Waals surface area (Å²) in [7, 11) is 0. The van der Waals surface area contributed by atoms with E-state index in [0.717, 1.165) is 38.8 Å². The average molecular weight is 321 g/mol. The van der Waals surface area contributed by atoms with Crippen LogP contribution in [0.1, 0.15) is 43.6 Å². The zero-order valence-corrected chi connectivity index (χ0v) is 13.4. The van der Waals surface area contributed by atoms with E-state index in [-0.39, 0.29) is 18.0 Å². The van der Waals surface area contributed by atoms with Crippen molar-refractivity contribution >= 4 is 5.91 Å². The van der Waals surface area contributed by atoms with Gasteiger partial charge in [-0.15, -0.1) is 0 Å². The summed E-state index contributed by atoms with van der Waals surface area (Å²) in [5.41, 5.74) is 1.17. The Labute approximate surface area is 136 Å². The standard InChI is InChI=1S/C18H24FNO3/c19-16-6-4-15(5-7-16)14-3-1-9-20(10-8-14)17(21)13-18-22-11-2-12-23-18/h4-7,14,18H,1-3,8-13H2. The summed E-state index contributed by atoms with van der Waals surface area (Å²) in [6.45, 7) is 2.87. The number of benzene rings is 1. The van der Waals surface area contributed by atoms with Gasteiger partial charge in [-0.1, -0.05) is 12.1 Å². The van der Waals surface area contributed by atoms with Gasteiger partial charge in [0.15, 0.2) is 6.29 Å². The quantitative estimate of drug-likeness (QED) is 0.859. The molecule has 1 aromatic rings. The second-order valence-electron chi connectivity index (χ2n) is 6.29. The zero-order valence-electron chi connectivity index (χ0n) is 13.4. The molecule has 0 N–H and O–H groups in total. The molecule has 5 heteroatoms. The highest BCUT2D eigenvalue weighted by molar-refractivity contribution is 5.76. The number of nitrogens with zero attached hydrogens (tertiary/aromatic N) is 1. The number of hydrogen-bond donors (Lipinski definition) is 0. The van der Waals surface area contributed by atoms with Crippen LogP contribution in [0, 0.1) is 5.82 Å². The lowest BCUT2D eigenvalue weighted by Crippen LogP contribution is -2.37. The largest absolute Gasteiger partial charge is 0.352 e. The SMILES string of the molecule is O=C(CC1OCCCO1)N1CCCC(c2ccc(F)cc2)CC1. The fourth-order valence-corrected chi connectivity index (χ4v) is 3.34. The van der Waals surface area contributed by atoms with Crippen molar-refractivity contribution in [1.82, 2.24) is 4.90 Å². The molecule has 2 saturated heterocycles. The van der Waals surface area contributed by atoms with Gasteiger partial charge < -0.3 is 14.4 Å². The van der Waals surface area contributed by atoms with Crippen LogP contribution in [0.15, 0.2) is 24.3 Å². The first kappa shape index (κ1) is 16.4. The van der Waals surface area contributed by atoms with Gasteiger partial charge in [-0.2, -0.15) is 0 Å². The first-order valence-electron chi connectivity index (χ1n) is 8.49. The summed E-state index contributed by atoms with van der Waals surface area (Å²) in [6.07, 6.45) is 3.75. The lowest BCUT2D eigenvalue weighted by atomic mass is 9.92. The minimum atomic E-state index is -0.382. The van der Waals surface area contributed by atoms with Gasteiger partial charge in [0.1, 0.15) is 5.82 Å². The molecule has 0 saturated carbocycles. The van der Waals surface area contributed by atoms with Crippen LogP contribution < -0.4 is 0 Å². The Hall–Kier alpha value is -1.46. The molecule has 2 fully saturated rings. The van der Waals surface area contributed by atoms with Crippen LogP contribution >= 0.6 is 0 Å². The predicted octanol–water partition coefficient (Wildman–Crippen LogP) is 3.07. The molecule has 1 unspecified atom stereocenters. The van der Waals surface area contributed by atoms with E-state index in [1.54, 1.807) is 0 Å². The van der Waals surface area contributed by atoms with Crippen LogP contribution in [0.5, 0.6) is 0 Å². The maximum absolute atomic E-state index is 13.0. The fourth-order valence-electron chi connectivity index (χ4n) is 3.34. The smallest absolute Gasteiger partial charge is 0.227 e. The van der Waals surface area contributed by atoms with Crippen LogP contribution in [-0.4, -0.2) is 43.4 Å². The highest BCUT2D eigenvalue weighted by atomic mass is 19.1. The number of carbonyl (C=O) groups is 1. The normalized spacial score (nSPS) is 23.5. The second kappa shape index (κ2) is 7.88. The van der Waals surface area contributed by atoms with E-state index >= 15 is 0 Å². The van der Waals surface area contributed by atoms with Crippen molar-refractivity contribution in [2.24, 2.45) is 0 Å². The zero-order chi connectivity index (χ0) is 16.1. The Morgan fingerprint density at radius 2 is 1.83 bits per heavy atom. The topological polar surface area (TPSA) is 38.8 Å².